The van der Waals surface area contributed by atoms with Gasteiger partial charge >= 0.3 is 0 Å². The summed E-state index contributed by atoms with van der Waals surface area (Å²) in [6.07, 6.45) is 8.16. The molecule has 0 heterocycles. The number of hydrogen-bond acceptors (Lipinski definition) is 2. The van der Waals surface area contributed by atoms with Gasteiger partial charge in [-0.15, -0.1) is 0 Å². The Kier molecular flexibility index (Phi) is 7.89. The number of unbranched alkanes of at least 4 members (excludes halogenated alkanes) is 1. The normalized spacial score (nSPS) is 19.6. The van der Waals surface area contributed by atoms with Gasteiger partial charge in [0.2, 0.25) is 5.91 Å². The first-order valence-corrected chi connectivity index (χ1v) is 9.43. The third-order valence-corrected chi connectivity index (χ3v) is 4.91. The molecule has 1 aliphatic rings. The summed E-state index contributed by atoms with van der Waals surface area (Å²) in [5, 5.41) is 5.93. The molecule has 2 rings (SSSR count). The second-order valence-corrected chi connectivity index (χ2v) is 6.87. The summed E-state index contributed by atoms with van der Waals surface area (Å²) in [6, 6.07) is 5.76. The van der Waals surface area contributed by atoms with Gasteiger partial charge in [-0.25, -0.2) is 4.39 Å². The van der Waals surface area contributed by atoms with Gasteiger partial charge in [-0.05, 0) is 55.9 Å². The lowest BCUT2D eigenvalue weighted by Crippen LogP contribution is -2.37. The monoisotopic (exact) mass is 348 g/mol. The number of nitrogens with one attached hydrogen (secondary N) is 2. The minimum atomic E-state index is -0.364. The lowest BCUT2D eigenvalue weighted by molar-refractivity contribution is -0.122. The lowest BCUT2D eigenvalue weighted by Gasteiger charge is -2.21. The molecular weight excluding hydrogens is 319 g/mol. The van der Waals surface area contributed by atoms with E-state index >= 15 is 0 Å². The van der Waals surface area contributed by atoms with Crippen molar-refractivity contribution in [1.82, 2.24) is 10.6 Å². The molecule has 1 saturated carbocycles. The molecule has 0 saturated heterocycles. The molecule has 1 aromatic rings. The Morgan fingerprint density at radius 1 is 1.16 bits per heavy atom. The summed E-state index contributed by atoms with van der Waals surface area (Å²) in [6.45, 7) is 2.64. The highest BCUT2D eigenvalue weighted by molar-refractivity contribution is 5.94. The Balaban J connectivity index is 1.63. The Morgan fingerprint density at radius 3 is 2.64 bits per heavy atom. The van der Waals surface area contributed by atoms with Crippen LogP contribution in [0.2, 0.25) is 0 Å². The maximum absolute atomic E-state index is 12.8. The summed E-state index contributed by atoms with van der Waals surface area (Å²) in [5.74, 6) is 0.0970. The van der Waals surface area contributed by atoms with Crippen LogP contribution in [0.5, 0.6) is 0 Å². The van der Waals surface area contributed by atoms with E-state index in [0.717, 1.165) is 6.42 Å². The molecule has 2 atom stereocenters. The van der Waals surface area contributed by atoms with E-state index in [1.807, 2.05) is 0 Å². The molecule has 5 heteroatoms. The van der Waals surface area contributed by atoms with E-state index in [2.05, 4.69) is 17.6 Å². The number of benzene rings is 1. The number of halogens is 1. The lowest BCUT2D eigenvalue weighted by atomic mass is 9.96. The quantitative estimate of drug-likeness (QED) is 0.667. The number of hydrogen-bond donors (Lipinski definition) is 2. The smallest absolute Gasteiger partial charge is 0.251 e. The van der Waals surface area contributed by atoms with Gasteiger partial charge in [0.25, 0.3) is 5.91 Å². The van der Waals surface area contributed by atoms with Crippen molar-refractivity contribution < 1.29 is 14.0 Å². The van der Waals surface area contributed by atoms with Crippen molar-refractivity contribution in [3.8, 4) is 0 Å². The van der Waals surface area contributed by atoms with Crippen LogP contribution in [-0.2, 0) is 4.79 Å². The maximum Gasteiger partial charge on any atom is 0.251 e. The molecular formula is C20H29FN2O2. The zero-order valence-electron chi connectivity index (χ0n) is 15.0. The van der Waals surface area contributed by atoms with Crippen LogP contribution in [-0.4, -0.2) is 24.4 Å². The van der Waals surface area contributed by atoms with Crippen LogP contribution in [0.15, 0.2) is 24.3 Å². The highest BCUT2D eigenvalue weighted by Crippen LogP contribution is 2.29. The Morgan fingerprint density at radius 2 is 1.92 bits per heavy atom. The minimum Gasteiger partial charge on any atom is -0.353 e. The summed E-state index contributed by atoms with van der Waals surface area (Å²) >= 11 is 0. The van der Waals surface area contributed by atoms with E-state index < -0.39 is 0 Å². The van der Waals surface area contributed by atoms with E-state index in [0.29, 0.717) is 36.9 Å². The Bertz CT molecular complexity index is 559. The van der Waals surface area contributed by atoms with Gasteiger partial charge in [0.15, 0.2) is 0 Å². The van der Waals surface area contributed by atoms with Crippen molar-refractivity contribution >= 4 is 11.8 Å². The zero-order chi connectivity index (χ0) is 18.1. The first-order valence-electron chi connectivity index (χ1n) is 9.43. The first-order chi connectivity index (χ1) is 12.1. The predicted octanol–water partition coefficient (Wildman–Crippen LogP) is 3.81. The molecule has 1 fully saturated rings. The SMILES string of the molecule is CCCCC1CCCC1NC(=O)CCCNC(=O)c1ccc(F)cc1. The molecule has 2 N–H and O–H groups in total. The highest BCUT2D eigenvalue weighted by Gasteiger charge is 2.27. The average Bonchev–Trinajstić information content (AvgIpc) is 3.04. The van der Waals surface area contributed by atoms with E-state index in [9.17, 15) is 14.0 Å². The number of carbonyl (C=O) groups is 2. The fourth-order valence-corrected chi connectivity index (χ4v) is 3.47. The molecule has 2 unspecified atom stereocenters. The van der Waals surface area contributed by atoms with Gasteiger partial charge in [-0.3, -0.25) is 9.59 Å². The van der Waals surface area contributed by atoms with Crippen LogP contribution in [0.4, 0.5) is 4.39 Å². The highest BCUT2D eigenvalue weighted by atomic mass is 19.1. The molecule has 4 nitrogen and oxygen atoms in total. The van der Waals surface area contributed by atoms with Crippen LogP contribution < -0.4 is 10.6 Å². The molecule has 138 valence electrons. The van der Waals surface area contributed by atoms with Gasteiger partial charge in [0.1, 0.15) is 5.82 Å². The second-order valence-electron chi connectivity index (χ2n) is 6.87. The van der Waals surface area contributed by atoms with Crippen LogP contribution in [0.3, 0.4) is 0 Å². The van der Waals surface area contributed by atoms with Crippen molar-refractivity contribution in [2.75, 3.05) is 6.54 Å². The van der Waals surface area contributed by atoms with Crippen LogP contribution in [0.1, 0.15) is 68.6 Å². The molecule has 1 aliphatic carbocycles. The van der Waals surface area contributed by atoms with Crippen molar-refractivity contribution in [1.29, 1.82) is 0 Å². The number of rotatable bonds is 9. The summed E-state index contributed by atoms with van der Waals surface area (Å²) in [7, 11) is 0. The van der Waals surface area contributed by atoms with Crippen molar-refractivity contribution in [3.05, 3.63) is 35.6 Å². The van der Waals surface area contributed by atoms with Crippen LogP contribution in [0.25, 0.3) is 0 Å². The fraction of sp³-hybridized carbons (Fsp3) is 0.600. The topological polar surface area (TPSA) is 58.2 Å². The molecule has 2 amide bonds. The molecule has 0 aromatic heterocycles. The molecule has 0 aliphatic heterocycles. The first kappa shape index (κ1) is 19.4. The van der Waals surface area contributed by atoms with Crippen molar-refractivity contribution in [3.63, 3.8) is 0 Å². The molecule has 0 spiro atoms. The third kappa shape index (κ3) is 6.48. The summed E-state index contributed by atoms with van der Waals surface area (Å²) in [5.41, 5.74) is 0.426. The number of carbonyl (C=O) groups excluding carboxylic acids is 2. The van der Waals surface area contributed by atoms with Crippen LogP contribution in [0, 0.1) is 11.7 Å². The third-order valence-electron chi connectivity index (χ3n) is 4.91. The van der Waals surface area contributed by atoms with Gasteiger partial charge < -0.3 is 10.6 Å². The largest absolute Gasteiger partial charge is 0.353 e. The standard InChI is InChI=1S/C20H29FN2O2/c1-2-3-6-15-7-4-8-18(15)23-19(24)9-5-14-22-20(25)16-10-12-17(21)13-11-16/h10-13,15,18H,2-9,14H2,1H3,(H,22,25)(H,23,24). The Labute approximate surface area is 149 Å². The van der Waals surface area contributed by atoms with E-state index in [-0.39, 0.29) is 17.6 Å². The van der Waals surface area contributed by atoms with Gasteiger partial charge in [-0.2, -0.15) is 0 Å². The molecule has 1 aromatic carbocycles. The summed E-state index contributed by atoms with van der Waals surface area (Å²) in [4.78, 5) is 24.0. The molecule has 0 bridgehead atoms. The summed E-state index contributed by atoms with van der Waals surface area (Å²) < 4.78 is 12.8. The molecule has 25 heavy (non-hydrogen) atoms. The van der Waals surface area contributed by atoms with Crippen molar-refractivity contribution in [2.24, 2.45) is 5.92 Å². The van der Waals surface area contributed by atoms with Gasteiger partial charge in [0.05, 0.1) is 0 Å². The fourth-order valence-electron chi connectivity index (χ4n) is 3.47. The van der Waals surface area contributed by atoms with Crippen LogP contribution >= 0.6 is 0 Å². The minimum absolute atomic E-state index is 0.0735. The van der Waals surface area contributed by atoms with E-state index in [4.69, 9.17) is 0 Å². The van der Waals surface area contributed by atoms with Gasteiger partial charge in [0, 0.05) is 24.6 Å². The van der Waals surface area contributed by atoms with E-state index in [1.54, 1.807) is 0 Å². The predicted molar refractivity (Wildman–Crippen MR) is 96.8 cm³/mol. The van der Waals surface area contributed by atoms with E-state index in [1.165, 1.54) is 56.4 Å². The zero-order valence-corrected chi connectivity index (χ0v) is 15.0. The van der Waals surface area contributed by atoms with Gasteiger partial charge in [-0.1, -0.05) is 26.2 Å². The second kappa shape index (κ2) is 10.2. The average molecular weight is 348 g/mol. The molecule has 0 radical (unpaired) electrons. The maximum atomic E-state index is 12.8. The Hall–Kier alpha value is -1.91. The number of amides is 2. The van der Waals surface area contributed by atoms with Crippen molar-refractivity contribution in [2.45, 2.75) is 64.3 Å².